The summed E-state index contributed by atoms with van der Waals surface area (Å²) in [6.45, 7) is 11.1. The van der Waals surface area contributed by atoms with Crippen molar-refractivity contribution >= 4 is 39.4 Å². The Labute approximate surface area is 197 Å². The molecule has 0 spiro atoms. The SMILES string of the molecule is C=C1CC([C@@H](OC(N)=O)C(C)(C)C)Cn2c1c(-c1cnc3ccccc3c1)c1c(N)ncnc12. The molecule has 174 valence electrons. The Morgan fingerprint density at radius 2 is 2.00 bits per heavy atom. The number of allylic oxidation sites excluding steroid dienone is 1. The highest BCUT2D eigenvalue weighted by Crippen LogP contribution is 2.46. The molecule has 0 aliphatic carbocycles. The predicted molar refractivity (Wildman–Crippen MR) is 134 cm³/mol. The van der Waals surface area contributed by atoms with Crippen LogP contribution in [-0.4, -0.2) is 31.7 Å². The summed E-state index contributed by atoms with van der Waals surface area (Å²) in [5.41, 5.74) is 16.9. The van der Waals surface area contributed by atoms with Gasteiger partial charge in [0.25, 0.3) is 0 Å². The first kappa shape index (κ1) is 21.9. The summed E-state index contributed by atoms with van der Waals surface area (Å²) in [5.74, 6) is 0.377. The van der Waals surface area contributed by atoms with E-state index in [1.807, 2.05) is 51.2 Å². The summed E-state index contributed by atoms with van der Waals surface area (Å²) in [6.07, 6.45) is 2.81. The molecule has 0 radical (unpaired) electrons. The van der Waals surface area contributed by atoms with E-state index in [4.69, 9.17) is 16.2 Å². The topological polar surface area (TPSA) is 122 Å². The molecule has 0 bridgehead atoms. The summed E-state index contributed by atoms with van der Waals surface area (Å²) in [5, 5.41) is 1.81. The van der Waals surface area contributed by atoms with Crippen LogP contribution in [0.1, 0.15) is 32.9 Å². The zero-order valence-corrected chi connectivity index (χ0v) is 19.6. The Hall–Kier alpha value is -3.94. The molecule has 0 saturated carbocycles. The van der Waals surface area contributed by atoms with Crippen molar-refractivity contribution in [3.8, 4) is 11.1 Å². The standard InChI is InChI=1S/C26H28N6O2/c1-14-9-17(22(26(2,3)4)34-25(28)33)12-32-21(14)19(20-23(27)30-13-31-24(20)32)16-10-15-7-5-6-8-18(15)29-11-16/h5-8,10-11,13,17,22H,1,9,12H2,2-4H3,(H2,28,33)(H2,27,30,31)/t17?,22-/m1/s1. The van der Waals surface area contributed by atoms with Crippen LogP contribution in [0.15, 0.2) is 49.4 Å². The number of carbonyl (C=O) groups is 1. The normalized spacial score (nSPS) is 17.0. The number of nitrogens with two attached hydrogens (primary N) is 2. The van der Waals surface area contributed by atoms with E-state index in [0.29, 0.717) is 18.8 Å². The molecule has 3 aromatic heterocycles. The fourth-order valence-corrected chi connectivity index (χ4v) is 5.25. The van der Waals surface area contributed by atoms with E-state index in [2.05, 4.69) is 32.2 Å². The third-order valence-corrected chi connectivity index (χ3v) is 6.53. The van der Waals surface area contributed by atoms with Crippen LogP contribution in [0.5, 0.6) is 0 Å². The second-order valence-corrected chi connectivity index (χ2v) is 10.00. The molecule has 4 N–H and O–H groups in total. The van der Waals surface area contributed by atoms with Crippen LogP contribution >= 0.6 is 0 Å². The minimum absolute atomic E-state index is 0.0260. The van der Waals surface area contributed by atoms with Crippen molar-refractivity contribution in [3.05, 3.63) is 55.1 Å². The van der Waals surface area contributed by atoms with E-state index in [9.17, 15) is 4.79 Å². The molecule has 4 heterocycles. The molecule has 5 rings (SSSR count). The summed E-state index contributed by atoms with van der Waals surface area (Å²) < 4.78 is 7.73. The fourth-order valence-electron chi connectivity index (χ4n) is 5.25. The molecule has 2 atom stereocenters. The molecule has 4 aromatic rings. The van der Waals surface area contributed by atoms with Gasteiger partial charge in [0.1, 0.15) is 23.9 Å². The maximum atomic E-state index is 11.7. The fraction of sp³-hybridized carbons (Fsp3) is 0.308. The van der Waals surface area contributed by atoms with Crippen LogP contribution in [0.4, 0.5) is 10.6 Å². The van der Waals surface area contributed by atoms with Gasteiger partial charge in [-0.15, -0.1) is 0 Å². The van der Waals surface area contributed by atoms with Gasteiger partial charge in [0, 0.05) is 35.2 Å². The van der Waals surface area contributed by atoms with E-state index in [-0.39, 0.29) is 11.3 Å². The number of pyridine rings is 1. The minimum atomic E-state index is -0.775. The van der Waals surface area contributed by atoms with Crippen molar-refractivity contribution in [2.75, 3.05) is 5.73 Å². The lowest BCUT2D eigenvalue weighted by atomic mass is 9.76. The second kappa shape index (κ2) is 7.83. The molecule has 8 heteroatoms. The molecule has 1 aliphatic heterocycles. The molecule has 34 heavy (non-hydrogen) atoms. The van der Waals surface area contributed by atoms with Crippen LogP contribution in [-0.2, 0) is 11.3 Å². The van der Waals surface area contributed by atoms with Crippen LogP contribution in [0.2, 0.25) is 0 Å². The van der Waals surface area contributed by atoms with Gasteiger partial charge < -0.3 is 20.8 Å². The third kappa shape index (κ3) is 3.55. The number of nitrogen functional groups attached to an aromatic ring is 1. The number of aromatic nitrogens is 4. The number of hydrogen-bond donors (Lipinski definition) is 2. The molecular weight excluding hydrogens is 428 g/mol. The summed E-state index contributed by atoms with van der Waals surface area (Å²) >= 11 is 0. The van der Waals surface area contributed by atoms with Gasteiger partial charge in [-0.25, -0.2) is 14.8 Å². The molecular formula is C26H28N6O2. The maximum Gasteiger partial charge on any atom is 0.404 e. The van der Waals surface area contributed by atoms with Gasteiger partial charge in [0.15, 0.2) is 0 Å². The zero-order valence-electron chi connectivity index (χ0n) is 19.6. The van der Waals surface area contributed by atoms with Crippen molar-refractivity contribution in [2.45, 2.75) is 39.8 Å². The lowest BCUT2D eigenvalue weighted by Gasteiger charge is -2.39. The first-order chi connectivity index (χ1) is 16.1. The van der Waals surface area contributed by atoms with E-state index >= 15 is 0 Å². The second-order valence-electron chi connectivity index (χ2n) is 10.00. The van der Waals surface area contributed by atoms with Gasteiger partial charge in [-0.2, -0.15) is 0 Å². The molecule has 0 fully saturated rings. The van der Waals surface area contributed by atoms with E-state index < -0.39 is 12.2 Å². The average Bonchev–Trinajstić information content (AvgIpc) is 3.12. The number of amides is 1. The Kier molecular flexibility index (Phi) is 5.04. The number of fused-ring (bicyclic) bond motifs is 4. The van der Waals surface area contributed by atoms with Crippen LogP contribution in [0.3, 0.4) is 0 Å². The number of primary amides is 1. The third-order valence-electron chi connectivity index (χ3n) is 6.53. The highest BCUT2D eigenvalue weighted by molar-refractivity contribution is 6.06. The Balaban J connectivity index is 1.72. The number of rotatable bonds is 3. The summed E-state index contributed by atoms with van der Waals surface area (Å²) in [7, 11) is 0. The molecule has 0 saturated heterocycles. The highest BCUT2D eigenvalue weighted by atomic mass is 16.6. The van der Waals surface area contributed by atoms with Crippen molar-refractivity contribution in [1.29, 1.82) is 0 Å². The zero-order chi connectivity index (χ0) is 24.2. The van der Waals surface area contributed by atoms with Crippen molar-refractivity contribution in [1.82, 2.24) is 19.5 Å². The molecule has 1 amide bonds. The average molecular weight is 457 g/mol. The van der Waals surface area contributed by atoms with Gasteiger partial charge >= 0.3 is 6.09 Å². The lowest BCUT2D eigenvalue weighted by Crippen LogP contribution is -2.42. The summed E-state index contributed by atoms with van der Waals surface area (Å²) in [4.78, 5) is 25.2. The lowest BCUT2D eigenvalue weighted by molar-refractivity contribution is -0.00863. The van der Waals surface area contributed by atoms with E-state index in [1.165, 1.54) is 6.33 Å². The Bertz CT molecular complexity index is 1450. The van der Waals surface area contributed by atoms with Crippen molar-refractivity contribution < 1.29 is 9.53 Å². The number of benzene rings is 1. The van der Waals surface area contributed by atoms with Crippen molar-refractivity contribution in [3.63, 3.8) is 0 Å². The van der Waals surface area contributed by atoms with Gasteiger partial charge in [-0.05, 0) is 29.5 Å². The number of hydrogen-bond acceptors (Lipinski definition) is 6. The maximum absolute atomic E-state index is 11.7. The Morgan fingerprint density at radius 3 is 2.74 bits per heavy atom. The predicted octanol–water partition coefficient (Wildman–Crippen LogP) is 4.77. The van der Waals surface area contributed by atoms with Gasteiger partial charge in [0.05, 0.1) is 16.6 Å². The summed E-state index contributed by atoms with van der Waals surface area (Å²) in [6, 6.07) is 10.1. The van der Waals surface area contributed by atoms with Crippen LogP contribution in [0.25, 0.3) is 38.6 Å². The minimum Gasteiger partial charge on any atom is -0.445 e. The van der Waals surface area contributed by atoms with Crippen molar-refractivity contribution in [2.24, 2.45) is 17.1 Å². The Morgan fingerprint density at radius 1 is 1.24 bits per heavy atom. The first-order valence-electron chi connectivity index (χ1n) is 11.3. The van der Waals surface area contributed by atoms with Gasteiger partial charge in [0.2, 0.25) is 0 Å². The number of nitrogens with zero attached hydrogens (tertiary/aromatic N) is 4. The van der Waals surface area contributed by atoms with E-state index in [0.717, 1.165) is 44.3 Å². The molecule has 1 aliphatic rings. The number of carbonyl (C=O) groups excluding carboxylic acids is 1. The van der Waals surface area contributed by atoms with Gasteiger partial charge in [-0.3, -0.25) is 4.98 Å². The number of anilines is 1. The van der Waals surface area contributed by atoms with Crippen LogP contribution < -0.4 is 11.5 Å². The smallest absolute Gasteiger partial charge is 0.404 e. The largest absolute Gasteiger partial charge is 0.445 e. The highest BCUT2D eigenvalue weighted by Gasteiger charge is 2.40. The number of ether oxygens (including phenoxy) is 1. The molecule has 8 nitrogen and oxygen atoms in total. The monoisotopic (exact) mass is 456 g/mol. The van der Waals surface area contributed by atoms with E-state index in [1.54, 1.807) is 0 Å². The molecule has 1 aromatic carbocycles. The quantitative estimate of drug-likeness (QED) is 0.458. The number of para-hydroxylation sites is 1. The van der Waals surface area contributed by atoms with Crippen LogP contribution in [0, 0.1) is 11.3 Å². The van der Waals surface area contributed by atoms with Gasteiger partial charge in [-0.1, -0.05) is 45.5 Å². The molecule has 1 unspecified atom stereocenters. The first-order valence-corrected chi connectivity index (χ1v) is 11.3.